The van der Waals surface area contributed by atoms with Crippen LogP contribution in [0.25, 0.3) is 0 Å². The second-order valence-corrected chi connectivity index (χ2v) is 4.80. The van der Waals surface area contributed by atoms with Crippen molar-refractivity contribution in [3.8, 4) is 0 Å². The predicted octanol–water partition coefficient (Wildman–Crippen LogP) is 0.605. The molecule has 0 spiro atoms. The standard InChI is InChI=1S/C13H25N3O4/c1-6-15(5)11(17)10(4)14-13(20)16(7-2)8-9(3)12(18)19/h9-10H,6-8H2,1-5H3,(H,14,20)(H,18,19). The molecule has 0 radical (unpaired) electrons. The summed E-state index contributed by atoms with van der Waals surface area (Å²) in [4.78, 5) is 37.6. The summed E-state index contributed by atoms with van der Waals surface area (Å²) in [6.45, 7) is 7.82. The van der Waals surface area contributed by atoms with E-state index < -0.39 is 24.0 Å². The third-order valence-electron chi connectivity index (χ3n) is 3.15. The fourth-order valence-corrected chi connectivity index (χ4v) is 1.59. The van der Waals surface area contributed by atoms with E-state index in [0.29, 0.717) is 13.1 Å². The summed E-state index contributed by atoms with van der Waals surface area (Å²) in [6.07, 6.45) is 0. The van der Waals surface area contributed by atoms with E-state index in [4.69, 9.17) is 5.11 Å². The number of carboxylic acid groups (broad SMARTS) is 1. The van der Waals surface area contributed by atoms with Gasteiger partial charge in [0, 0.05) is 26.7 Å². The van der Waals surface area contributed by atoms with E-state index in [2.05, 4.69) is 5.32 Å². The number of nitrogens with one attached hydrogen (secondary N) is 1. The van der Waals surface area contributed by atoms with Gasteiger partial charge in [-0.05, 0) is 20.8 Å². The van der Waals surface area contributed by atoms with Crippen molar-refractivity contribution >= 4 is 17.9 Å². The van der Waals surface area contributed by atoms with Crippen molar-refractivity contribution in [1.29, 1.82) is 0 Å². The molecule has 0 saturated carbocycles. The van der Waals surface area contributed by atoms with Gasteiger partial charge in [0.1, 0.15) is 6.04 Å². The molecule has 2 unspecified atom stereocenters. The number of rotatable bonds is 7. The third kappa shape index (κ3) is 5.46. The van der Waals surface area contributed by atoms with E-state index in [1.54, 1.807) is 20.9 Å². The molecule has 0 rings (SSSR count). The number of amides is 3. The van der Waals surface area contributed by atoms with Crippen LogP contribution in [0.1, 0.15) is 27.7 Å². The Morgan fingerprint density at radius 1 is 1.15 bits per heavy atom. The molecule has 2 atom stereocenters. The molecule has 7 heteroatoms. The minimum Gasteiger partial charge on any atom is -0.481 e. The van der Waals surface area contributed by atoms with Gasteiger partial charge in [-0.15, -0.1) is 0 Å². The van der Waals surface area contributed by atoms with Gasteiger partial charge in [-0.3, -0.25) is 9.59 Å². The largest absolute Gasteiger partial charge is 0.481 e. The molecular formula is C13H25N3O4. The quantitative estimate of drug-likeness (QED) is 0.717. The summed E-state index contributed by atoms with van der Waals surface area (Å²) in [7, 11) is 1.66. The Labute approximate surface area is 119 Å². The number of aliphatic carboxylic acids is 1. The van der Waals surface area contributed by atoms with Crippen molar-refractivity contribution in [1.82, 2.24) is 15.1 Å². The van der Waals surface area contributed by atoms with Gasteiger partial charge in [-0.25, -0.2) is 4.79 Å². The topological polar surface area (TPSA) is 90.0 Å². The zero-order chi connectivity index (χ0) is 15.9. The molecule has 0 aliphatic rings. The zero-order valence-corrected chi connectivity index (χ0v) is 12.8. The fourth-order valence-electron chi connectivity index (χ4n) is 1.59. The van der Waals surface area contributed by atoms with Gasteiger partial charge in [0.15, 0.2) is 0 Å². The number of nitrogens with zero attached hydrogens (tertiary/aromatic N) is 2. The lowest BCUT2D eigenvalue weighted by atomic mass is 10.2. The van der Waals surface area contributed by atoms with E-state index >= 15 is 0 Å². The van der Waals surface area contributed by atoms with Crippen molar-refractivity contribution in [2.24, 2.45) is 5.92 Å². The molecule has 116 valence electrons. The van der Waals surface area contributed by atoms with E-state index in [-0.39, 0.29) is 12.5 Å². The van der Waals surface area contributed by atoms with Crippen molar-refractivity contribution in [2.45, 2.75) is 33.7 Å². The number of carboxylic acids is 1. The normalized spacial score (nSPS) is 13.2. The second kappa shape index (κ2) is 8.39. The van der Waals surface area contributed by atoms with E-state index in [9.17, 15) is 14.4 Å². The molecule has 0 bridgehead atoms. The van der Waals surface area contributed by atoms with Crippen LogP contribution >= 0.6 is 0 Å². The first kappa shape index (κ1) is 18.2. The second-order valence-electron chi connectivity index (χ2n) is 4.80. The Morgan fingerprint density at radius 2 is 1.70 bits per heavy atom. The van der Waals surface area contributed by atoms with Crippen molar-refractivity contribution in [3.05, 3.63) is 0 Å². The predicted molar refractivity (Wildman–Crippen MR) is 75.4 cm³/mol. The highest BCUT2D eigenvalue weighted by Gasteiger charge is 2.23. The maximum atomic E-state index is 12.0. The SMILES string of the molecule is CCN(C)C(=O)C(C)NC(=O)N(CC)CC(C)C(=O)O. The summed E-state index contributed by atoms with van der Waals surface area (Å²) in [5, 5.41) is 11.5. The maximum absolute atomic E-state index is 12.0. The molecule has 0 aromatic carbocycles. The van der Waals surface area contributed by atoms with Gasteiger partial charge in [0.05, 0.1) is 5.92 Å². The Kier molecular flexibility index (Phi) is 7.64. The highest BCUT2D eigenvalue weighted by atomic mass is 16.4. The number of hydrogen-bond acceptors (Lipinski definition) is 3. The molecule has 7 nitrogen and oxygen atoms in total. The van der Waals surface area contributed by atoms with Gasteiger partial charge < -0.3 is 20.2 Å². The smallest absolute Gasteiger partial charge is 0.318 e. The van der Waals surface area contributed by atoms with Crippen LogP contribution in [0.3, 0.4) is 0 Å². The molecule has 0 saturated heterocycles. The number of carbonyl (C=O) groups is 3. The Hall–Kier alpha value is -1.79. The van der Waals surface area contributed by atoms with Crippen LogP contribution in [0.15, 0.2) is 0 Å². The molecule has 20 heavy (non-hydrogen) atoms. The highest BCUT2D eigenvalue weighted by molar-refractivity contribution is 5.86. The minimum atomic E-state index is -0.953. The molecule has 0 aliphatic carbocycles. The number of likely N-dealkylation sites (N-methyl/N-ethyl adjacent to an activating group) is 1. The lowest BCUT2D eigenvalue weighted by Gasteiger charge is -2.26. The molecule has 0 heterocycles. The monoisotopic (exact) mass is 287 g/mol. The van der Waals surface area contributed by atoms with Crippen LogP contribution in [-0.4, -0.2) is 65.5 Å². The van der Waals surface area contributed by atoms with Crippen molar-refractivity contribution in [3.63, 3.8) is 0 Å². The number of hydrogen-bond donors (Lipinski definition) is 2. The fraction of sp³-hybridized carbons (Fsp3) is 0.769. The highest BCUT2D eigenvalue weighted by Crippen LogP contribution is 2.02. The summed E-state index contributed by atoms with van der Waals surface area (Å²) >= 11 is 0. The third-order valence-corrected chi connectivity index (χ3v) is 3.15. The van der Waals surface area contributed by atoms with Crippen LogP contribution in [0.5, 0.6) is 0 Å². The Bertz CT molecular complexity index is 360. The Balaban J connectivity index is 4.55. The summed E-state index contributed by atoms with van der Waals surface area (Å²) in [5.41, 5.74) is 0. The van der Waals surface area contributed by atoms with Crippen LogP contribution in [0.4, 0.5) is 4.79 Å². The molecule has 3 amide bonds. The summed E-state index contributed by atoms with van der Waals surface area (Å²) in [6, 6.07) is -1.06. The average molecular weight is 287 g/mol. The van der Waals surface area contributed by atoms with Gasteiger partial charge in [0.25, 0.3) is 0 Å². The van der Waals surface area contributed by atoms with Crippen LogP contribution < -0.4 is 5.32 Å². The van der Waals surface area contributed by atoms with E-state index in [1.807, 2.05) is 6.92 Å². The first-order chi connectivity index (χ1) is 9.24. The van der Waals surface area contributed by atoms with E-state index in [0.717, 1.165) is 0 Å². The zero-order valence-electron chi connectivity index (χ0n) is 12.8. The van der Waals surface area contributed by atoms with Crippen molar-refractivity contribution < 1.29 is 19.5 Å². The lowest BCUT2D eigenvalue weighted by Crippen LogP contribution is -2.51. The first-order valence-electron chi connectivity index (χ1n) is 6.77. The molecule has 0 aromatic rings. The van der Waals surface area contributed by atoms with Gasteiger partial charge in [-0.2, -0.15) is 0 Å². The number of urea groups is 1. The van der Waals surface area contributed by atoms with Crippen LogP contribution in [0, 0.1) is 5.92 Å². The molecule has 0 aromatic heterocycles. The minimum absolute atomic E-state index is 0.113. The maximum Gasteiger partial charge on any atom is 0.318 e. The average Bonchev–Trinajstić information content (AvgIpc) is 2.41. The summed E-state index contributed by atoms with van der Waals surface area (Å²) < 4.78 is 0. The van der Waals surface area contributed by atoms with Crippen LogP contribution in [-0.2, 0) is 9.59 Å². The molecule has 0 aliphatic heterocycles. The Morgan fingerprint density at radius 3 is 2.10 bits per heavy atom. The van der Waals surface area contributed by atoms with E-state index in [1.165, 1.54) is 16.7 Å². The lowest BCUT2D eigenvalue weighted by molar-refractivity contribution is -0.141. The van der Waals surface area contributed by atoms with Gasteiger partial charge in [-0.1, -0.05) is 6.92 Å². The number of carbonyl (C=O) groups excluding carboxylic acids is 2. The van der Waals surface area contributed by atoms with Crippen molar-refractivity contribution in [2.75, 3.05) is 26.7 Å². The molecule has 2 N–H and O–H groups in total. The van der Waals surface area contributed by atoms with Gasteiger partial charge >= 0.3 is 12.0 Å². The molecular weight excluding hydrogens is 262 g/mol. The van der Waals surface area contributed by atoms with Gasteiger partial charge in [0.2, 0.25) is 5.91 Å². The first-order valence-corrected chi connectivity index (χ1v) is 6.77. The summed E-state index contributed by atoms with van der Waals surface area (Å²) in [5.74, 6) is -1.78. The van der Waals surface area contributed by atoms with Crippen LogP contribution in [0.2, 0.25) is 0 Å². The molecule has 0 fully saturated rings.